The average Bonchev–Trinajstić information content (AvgIpc) is 2.12. The first-order chi connectivity index (χ1) is 8.17. The molecule has 3 heteroatoms. The predicted octanol–water partition coefficient (Wildman–Crippen LogP) is 3.91. The Morgan fingerprint density at radius 3 is 2.11 bits per heavy atom. The number of esters is 1. The largest absolute Gasteiger partial charge is 0.488 e. The third-order valence-corrected chi connectivity index (χ3v) is 2.25. The molecule has 18 heavy (non-hydrogen) atoms. The fourth-order valence-electron chi connectivity index (χ4n) is 1.56. The van der Waals surface area contributed by atoms with Crippen LogP contribution in [0.15, 0.2) is 18.2 Å². The van der Waals surface area contributed by atoms with Gasteiger partial charge in [0.05, 0.1) is 0 Å². The summed E-state index contributed by atoms with van der Waals surface area (Å²) in [7, 11) is 0. The van der Waals surface area contributed by atoms with Gasteiger partial charge in [-0.2, -0.15) is 0 Å². The molecule has 0 N–H and O–H groups in total. The molecular weight excluding hydrogens is 228 g/mol. The molecule has 0 radical (unpaired) electrons. The van der Waals surface area contributed by atoms with Crippen LogP contribution in [0.25, 0.3) is 0 Å². The molecule has 0 spiro atoms. The molecule has 0 heterocycles. The van der Waals surface area contributed by atoms with Crippen molar-refractivity contribution in [1.82, 2.24) is 0 Å². The fourth-order valence-corrected chi connectivity index (χ4v) is 1.56. The highest BCUT2D eigenvalue weighted by molar-refractivity contribution is 5.69. The molecule has 3 nitrogen and oxygen atoms in total. The summed E-state index contributed by atoms with van der Waals surface area (Å²) >= 11 is 0. The van der Waals surface area contributed by atoms with E-state index in [1.54, 1.807) is 6.07 Å². The molecule has 0 aliphatic carbocycles. The van der Waals surface area contributed by atoms with Crippen LogP contribution in [-0.2, 0) is 4.79 Å². The molecule has 0 unspecified atom stereocenters. The zero-order valence-corrected chi connectivity index (χ0v) is 12.0. The zero-order chi connectivity index (χ0) is 13.9. The van der Waals surface area contributed by atoms with Gasteiger partial charge in [0, 0.05) is 13.0 Å². The van der Waals surface area contributed by atoms with Crippen LogP contribution in [0.5, 0.6) is 11.5 Å². The monoisotopic (exact) mass is 250 g/mol. The topological polar surface area (TPSA) is 35.5 Å². The Balaban J connectivity index is 3.09. The lowest BCUT2D eigenvalue weighted by atomic mass is 10.0. The van der Waals surface area contributed by atoms with Gasteiger partial charge >= 0.3 is 5.97 Å². The van der Waals surface area contributed by atoms with Gasteiger partial charge in [-0.15, -0.1) is 0 Å². The molecule has 0 aliphatic heterocycles. The normalized spacial score (nSPS) is 11.5. The fraction of sp³-hybridized carbons (Fsp3) is 0.533. The number of hydrogen-bond acceptors (Lipinski definition) is 3. The van der Waals surface area contributed by atoms with Crippen molar-refractivity contribution in [1.29, 1.82) is 0 Å². The van der Waals surface area contributed by atoms with Gasteiger partial charge in [-0.25, -0.2) is 0 Å². The van der Waals surface area contributed by atoms with E-state index in [2.05, 4.69) is 13.8 Å². The highest BCUT2D eigenvalue weighted by Gasteiger charge is 2.14. The zero-order valence-electron chi connectivity index (χ0n) is 12.0. The van der Waals surface area contributed by atoms with Crippen molar-refractivity contribution in [3.63, 3.8) is 0 Å². The van der Waals surface area contributed by atoms with Gasteiger partial charge in [-0.3, -0.25) is 4.79 Å². The summed E-state index contributed by atoms with van der Waals surface area (Å²) in [5.74, 6) is 1.29. The molecule has 1 aromatic rings. The number of benzene rings is 1. The van der Waals surface area contributed by atoms with Crippen molar-refractivity contribution in [2.45, 2.75) is 53.1 Å². The van der Waals surface area contributed by atoms with Crippen molar-refractivity contribution in [2.75, 3.05) is 0 Å². The first kappa shape index (κ1) is 14.6. The van der Waals surface area contributed by atoms with Crippen LogP contribution in [0.3, 0.4) is 0 Å². The summed E-state index contributed by atoms with van der Waals surface area (Å²) in [6.45, 7) is 11.5. The van der Waals surface area contributed by atoms with E-state index in [-0.39, 0.29) is 11.6 Å². The minimum absolute atomic E-state index is 0.275. The lowest BCUT2D eigenvalue weighted by molar-refractivity contribution is -0.131. The van der Waals surface area contributed by atoms with E-state index in [0.29, 0.717) is 11.7 Å². The molecule has 1 rings (SSSR count). The molecular formula is C15H22O3. The molecule has 1 aromatic carbocycles. The highest BCUT2D eigenvalue weighted by atomic mass is 16.5. The van der Waals surface area contributed by atoms with Crippen molar-refractivity contribution in [2.24, 2.45) is 0 Å². The molecule has 0 atom stereocenters. The Morgan fingerprint density at radius 2 is 1.67 bits per heavy atom. The van der Waals surface area contributed by atoms with E-state index in [4.69, 9.17) is 9.47 Å². The van der Waals surface area contributed by atoms with E-state index < -0.39 is 0 Å². The summed E-state index contributed by atoms with van der Waals surface area (Å²) in [5.41, 5.74) is 0.816. The summed E-state index contributed by atoms with van der Waals surface area (Å²) in [5, 5.41) is 0. The minimum Gasteiger partial charge on any atom is -0.488 e. The number of rotatable bonds is 3. The molecule has 0 fully saturated rings. The molecule has 0 bridgehead atoms. The van der Waals surface area contributed by atoms with Crippen molar-refractivity contribution in [3.8, 4) is 11.5 Å². The lowest BCUT2D eigenvalue weighted by Gasteiger charge is -2.22. The first-order valence-electron chi connectivity index (χ1n) is 6.20. The van der Waals surface area contributed by atoms with Gasteiger partial charge in [0.1, 0.15) is 17.1 Å². The van der Waals surface area contributed by atoms with Crippen LogP contribution in [0, 0.1) is 0 Å². The molecule has 0 saturated carbocycles. The molecule has 0 aliphatic rings. The smallest absolute Gasteiger partial charge is 0.308 e. The molecule has 0 amide bonds. The second kappa shape index (κ2) is 5.42. The summed E-state index contributed by atoms with van der Waals surface area (Å²) in [4.78, 5) is 11.0. The number of carbonyl (C=O) groups is 1. The number of ether oxygens (including phenoxy) is 2. The Hall–Kier alpha value is -1.51. The van der Waals surface area contributed by atoms with E-state index >= 15 is 0 Å². The van der Waals surface area contributed by atoms with Crippen LogP contribution < -0.4 is 9.47 Å². The van der Waals surface area contributed by atoms with Gasteiger partial charge in [0.25, 0.3) is 0 Å². The van der Waals surface area contributed by atoms with E-state index in [1.165, 1.54) is 6.92 Å². The first-order valence-corrected chi connectivity index (χ1v) is 6.20. The van der Waals surface area contributed by atoms with Crippen LogP contribution in [0.1, 0.15) is 53.0 Å². The third-order valence-electron chi connectivity index (χ3n) is 2.25. The van der Waals surface area contributed by atoms with Gasteiger partial charge in [0.2, 0.25) is 0 Å². The Morgan fingerprint density at radius 1 is 1.11 bits per heavy atom. The summed E-state index contributed by atoms with van der Waals surface area (Å²) in [6, 6.07) is 5.61. The Labute approximate surface area is 109 Å². The maximum Gasteiger partial charge on any atom is 0.308 e. The maximum atomic E-state index is 11.0. The summed E-state index contributed by atoms with van der Waals surface area (Å²) in [6.07, 6.45) is 0. The van der Waals surface area contributed by atoms with E-state index in [1.807, 2.05) is 32.9 Å². The van der Waals surface area contributed by atoms with Gasteiger partial charge < -0.3 is 9.47 Å². The quantitative estimate of drug-likeness (QED) is 0.602. The average molecular weight is 250 g/mol. The molecule has 0 saturated heterocycles. The lowest BCUT2D eigenvalue weighted by Crippen LogP contribution is -2.23. The van der Waals surface area contributed by atoms with Gasteiger partial charge in [-0.1, -0.05) is 13.8 Å². The van der Waals surface area contributed by atoms with Crippen LogP contribution in [-0.4, -0.2) is 11.6 Å². The van der Waals surface area contributed by atoms with Crippen molar-refractivity contribution in [3.05, 3.63) is 23.8 Å². The predicted molar refractivity (Wildman–Crippen MR) is 72.2 cm³/mol. The SMILES string of the molecule is CC(=O)Oc1cc(OC(C)(C)C)cc(C(C)C)c1. The minimum atomic E-state index is -0.322. The highest BCUT2D eigenvalue weighted by Crippen LogP contribution is 2.29. The maximum absolute atomic E-state index is 11.0. The van der Waals surface area contributed by atoms with E-state index in [9.17, 15) is 4.79 Å². The van der Waals surface area contributed by atoms with Crippen molar-refractivity contribution < 1.29 is 14.3 Å². The second-order valence-electron chi connectivity index (χ2n) is 5.70. The van der Waals surface area contributed by atoms with E-state index in [0.717, 1.165) is 11.3 Å². The Kier molecular flexibility index (Phi) is 4.38. The molecule has 0 aromatic heterocycles. The Bertz CT molecular complexity index is 428. The third kappa shape index (κ3) is 4.78. The summed E-state index contributed by atoms with van der Waals surface area (Å²) < 4.78 is 11.0. The second-order valence-corrected chi connectivity index (χ2v) is 5.70. The van der Waals surface area contributed by atoms with Crippen LogP contribution in [0.2, 0.25) is 0 Å². The van der Waals surface area contributed by atoms with Gasteiger partial charge in [0.15, 0.2) is 0 Å². The van der Waals surface area contributed by atoms with Crippen molar-refractivity contribution >= 4 is 5.97 Å². The van der Waals surface area contributed by atoms with Crippen LogP contribution >= 0.6 is 0 Å². The standard InChI is InChI=1S/C15H22O3/c1-10(2)12-7-13(17-11(3)16)9-14(8-12)18-15(4,5)6/h7-10H,1-6H3. The van der Waals surface area contributed by atoms with Gasteiger partial charge in [-0.05, 0) is 44.4 Å². The van der Waals surface area contributed by atoms with Crippen LogP contribution in [0.4, 0.5) is 0 Å². The number of carbonyl (C=O) groups excluding carboxylic acids is 1. The number of hydrogen-bond donors (Lipinski definition) is 0. The molecule has 100 valence electrons.